The number of hydrogen-bond donors (Lipinski definition) is 0. The molecule has 86 valence electrons. The van der Waals surface area contributed by atoms with Crippen LogP contribution >= 0.6 is 11.8 Å². The predicted molar refractivity (Wildman–Crippen MR) is 67.5 cm³/mol. The van der Waals surface area contributed by atoms with Crippen LogP contribution in [-0.2, 0) is 0 Å². The molecule has 3 rings (SSSR count). The summed E-state index contributed by atoms with van der Waals surface area (Å²) in [7, 11) is 0. The van der Waals surface area contributed by atoms with E-state index < -0.39 is 0 Å². The minimum Gasteiger partial charge on any atom is -0.288 e. The first kappa shape index (κ1) is 10.6. The summed E-state index contributed by atoms with van der Waals surface area (Å²) >= 11 is 1.89. The summed E-state index contributed by atoms with van der Waals surface area (Å²) in [4.78, 5) is 7.08. The Balaban J connectivity index is 1.59. The van der Waals surface area contributed by atoms with Crippen LogP contribution in [-0.4, -0.2) is 27.8 Å². The third kappa shape index (κ3) is 2.11. The van der Waals surface area contributed by atoms with Crippen molar-refractivity contribution >= 4 is 11.8 Å². The maximum absolute atomic E-state index is 4.37. The van der Waals surface area contributed by atoms with E-state index in [2.05, 4.69) is 22.0 Å². The summed E-state index contributed by atoms with van der Waals surface area (Å²) in [6, 6.07) is 7.90. The highest BCUT2D eigenvalue weighted by Crippen LogP contribution is 2.37. The molecule has 2 aliphatic rings. The zero-order valence-electron chi connectivity index (χ0n) is 9.51. The maximum Gasteiger partial charge on any atom is 0.0972 e. The summed E-state index contributed by atoms with van der Waals surface area (Å²) < 4.78 is 0. The minimum absolute atomic E-state index is 0.870. The molecule has 0 saturated carbocycles. The van der Waals surface area contributed by atoms with E-state index in [4.69, 9.17) is 0 Å². The number of hydrogen-bond acceptors (Lipinski definition) is 3. The van der Waals surface area contributed by atoms with Crippen molar-refractivity contribution in [2.24, 2.45) is 0 Å². The molecule has 2 fully saturated rings. The molecule has 0 aliphatic carbocycles. The summed E-state index contributed by atoms with van der Waals surface area (Å²) in [5.74, 6) is 1.13. The van der Waals surface area contributed by atoms with Gasteiger partial charge in [-0.15, -0.1) is 0 Å². The Hall–Kier alpha value is -0.540. The normalized spacial score (nSPS) is 29.5. The van der Waals surface area contributed by atoms with Crippen molar-refractivity contribution in [2.75, 3.05) is 5.88 Å². The molecule has 2 bridgehead atoms. The minimum atomic E-state index is 0.870. The van der Waals surface area contributed by atoms with Crippen LogP contribution in [0.3, 0.4) is 0 Å². The topological polar surface area (TPSA) is 16.1 Å². The molecule has 0 aromatic carbocycles. The Bertz CT molecular complexity index is 325. The molecule has 0 amide bonds. The van der Waals surface area contributed by atoms with Crippen molar-refractivity contribution in [3.63, 3.8) is 0 Å². The van der Waals surface area contributed by atoms with Crippen molar-refractivity contribution in [1.29, 1.82) is 0 Å². The molecule has 0 radical (unpaired) electrons. The number of rotatable bonds is 3. The Morgan fingerprint density at radius 2 is 2.00 bits per heavy atom. The van der Waals surface area contributed by atoms with Crippen LogP contribution in [0, 0.1) is 0 Å². The molecule has 0 spiro atoms. The van der Waals surface area contributed by atoms with Crippen LogP contribution in [0.4, 0.5) is 0 Å². The molecule has 3 heteroatoms. The van der Waals surface area contributed by atoms with Gasteiger partial charge in [-0.3, -0.25) is 4.90 Å². The van der Waals surface area contributed by atoms with E-state index in [1.807, 2.05) is 24.0 Å². The summed E-state index contributed by atoms with van der Waals surface area (Å²) in [5, 5.41) is 1.16. The van der Waals surface area contributed by atoms with E-state index in [-0.39, 0.29) is 0 Å². The number of pyridine rings is 1. The molecule has 0 N–H and O–H groups in total. The van der Waals surface area contributed by atoms with E-state index in [1.54, 1.807) is 0 Å². The first-order chi connectivity index (χ1) is 7.93. The fourth-order valence-corrected chi connectivity index (χ4v) is 4.02. The average molecular weight is 234 g/mol. The maximum atomic E-state index is 4.37. The largest absolute Gasteiger partial charge is 0.288 e. The van der Waals surface area contributed by atoms with Gasteiger partial charge in [0.2, 0.25) is 0 Å². The summed E-state index contributed by atoms with van der Waals surface area (Å²) in [6.45, 7) is 0. The van der Waals surface area contributed by atoms with Gasteiger partial charge in [0, 0.05) is 18.3 Å². The van der Waals surface area contributed by atoms with Crippen molar-refractivity contribution in [1.82, 2.24) is 9.88 Å². The molecule has 3 heterocycles. The van der Waals surface area contributed by atoms with Crippen LogP contribution in [0.15, 0.2) is 29.4 Å². The SMILES string of the molecule is c1ccc(SCN2C3CCCC2CC3)nc1. The Kier molecular flexibility index (Phi) is 3.15. The summed E-state index contributed by atoms with van der Waals surface area (Å²) in [6.07, 6.45) is 9.01. The van der Waals surface area contributed by atoms with E-state index in [0.717, 1.165) is 23.0 Å². The van der Waals surface area contributed by atoms with E-state index in [1.165, 1.54) is 32.1 Å². The van der Waals surface area contributed by atoms with Crippen LogP contribution < -0.4 is 0 Å². The Morgan fingerprint density at radius 1 is 1.19 bits per heavy atom. The Morgan fingerprint density at radius 3 is 2.69 bits per heavy atom. The van der Waals surface area contributed by atoms with Gasteiger partial charge in [-0.05, 0) is 37.8 Å². The lowest BCUT2D eigenvalue weighted by molar-refractivity contribution is 0.169. The second kappa shape index (κ2) is 4.76. The van der Waals surface area contributed by atoms with Gasteiger partial charge in [-0.2, -0.15) is 0 Å². The molecule has 2 atom stereocenters. The molecule has 1 aromatic rings. The van der Waals surface area contributed by atoms with Crippen LogP contribution in [0.25, 0.3) is 0 Å². The quantitative estimate of drug-likeness (QED) is 0.747. The molecule has 16 heavy (non-hydrogen) atoms. The van der Waals surface area contributed by atoms with Crippen molar-refractivity contribution in [3.05, 3.63) is 24.4 Å². The Labute approximate surface area is 101 Å². The molecule has 2 saturated heterocycles. The van der Waals surface area contributed by atoms with Gasteiger partial charge in [0.1, 0.15) is 0 Å². The lowest BCUT2D eigenvalue weighted by Crippen LogP contribution is -2.39. The second-order valence-electron chi connectivity index (χ2n) is 4.77. The molecule has 2 nitrogen and oxygen atoms in total. The van der Waals surface area contributed by atoms with Gasteiger partial charge in [0.05, 0.1) is 10.9 Å². The zero-order chi connectivity index (χ0) is 10.8. The second-order valence-corrected chi connectivity index (χ2v) is 5.74. The highest BCUT2D eigenvalue weighted by Gasteiger charge is 2.35. The van der Waals surface area contributed by atoms with Gasteiger partial charge in [-0.1, -0.05) is 24.2 Å². The summed E-state index contributed by atoms with van der Waals surface area (Å²) in [5.41, 5.74) is 0. The fourth-order valence-electron chi connectivity index (χ4n) is 3.01. The highest BCUT2D eigenvalue weighted by molar-refractivity contribution is 7.99. The first-order valence-corrected chi connectivity index (χ1v) is 7.21. The fraction of sp³-hybridized carbons (Fsp3) is 0.615. The third-order valence-corrected chi connectivity index (χ3v) is 4.81. The van der Waals surface area contributed by atoms with Crippen LogP contribution in [0.2, 0.25) is 0 Å². The van der Waals surface area contributed by atoms with E-state index >= 15 is 0 Å². The number of thioether (sulfide) groups is 1. The molecule has 1 aromatic heterocycles. The van der Waals surface area contributed by atoms with Gasteiger partial charge in [0.15, 0.2) is 0 Å². The number of aromatic nitrogens is 1. The number of fused-ring (bicyclic) bond motifs is 2. The van der Waals surface area contributed by atoms with Gasteiger partial charge < -0.3 is 0 Å². The highest BCUT2D eigenvalue weighted by atomic mass is 32.2. The van der Waals surface area contributed by atoms with Gasteiger partial charge in [-0.25, -0.2) is 4.98 Å². The van der Waals surface area contributed by atoms with Gasteiger partial charge in [0.25, 0.3) is 0 Å². The van der Waals surface area contributed by atoms with Crippen LogP contribution in [0.5, 0.6) is 0 Å². The van der Waals surface area contributed by atoms with Gasteiger partial charge >= 0.3 is 0 Å². The number of piperidine rings is 1. The lowest BCUT2D eigenvalue weighted by atomic mass is 10.0. The zero-order valence-corrected chi connectivity index (χ0v) is 10.3. The molecule has 2 unspecified atom stereocenters. The van der Waals surface area contributed by atoms with E-state index in [0.29, 0.717) is 0 Å². The van der Waals surface area contributed by atoms with Crippen LogP contribution in [0.1, 0.15) is 32.1 Å². The average Bonchev–Trinajstić information content (AvgIpc) is 2.57. The van der Waals surface area contributed by atoms with Crippen molar-refractivity contribution < 1.29 is 0 Å². The molecular formula is C13H18N2S. The molecular weight excluding hydrogens is 216 g/mol. The standard InChI is InChI=1S/C13H18N2S/c1-2-9-14-13(6-1)16-10-15-11-4-3-5-12(15)8-7-11/h1-2,6,9,11-12H,3-5,7-8,10H2. The monoisotopic (exact) mass is 234 g/mol. The smallest absolute Gasteiger partial charge is 0.0972 e. The van der Waals surface area contributed by atoms with E-state index in [9.17, 15) is 0 Å². The predicted octanol–water partition coefficient (Wildman–Crippen LogP) is 3.15. The molecule has 2 aliphatic heterocycles. The van der Waals surface area contributed by atoms with Crippen molar-refractivity contribution in [3.8, 4) is 0 Å². The first-order valence-electron chi connectivity index (χ1n) is 6.23. The number of nitrogens with zero attached hydrogens (tertiary/aromatic N) is 2. The van der Waals surface area contributed by atoms with Crippen molar-refractivity contribution in [2.45, 2.75) is 49.2 Å². The third-order valence-electron chi connectivity index (χ3n) is 3.85. The lowest BCUT2D eigenvalue weighted by Gasteiger charge is -2.34.